The van der Waals surface area contributed by atoms with Crippen LogP contribution in [0.3, 0.4) is 0 Å². The van der Waals surface area contributed by atoms with Gasteiger partial charge in [0.1, 0.15) is 12.0 Å². The number of hydrogen-bond acceptors (Lipinski definition) is 3. The van der Waals surface area contributed by atoms with Crippen LogP contribution in [0.25, 0.3) is 11.5 Å². The van der Waals surface area contributed by atoms with E-state index in [0.717, 1.165) is 16.9 Å². The predicted molar refractivity (Wildman–Crippen MR) is 53.2 cm³/mol. The Morgan fingerprint density at radius 2 is 2.21 bits per heavy atom. The molecule has 2 aromatic rings. The molecule has 0 bridgehead atoms. The molecule has 0 N–H and O–H groups in total. The van der Waals surface area contributed by atoms with Gasteiger partial charge in [0.25, 0.3) is 0 Å². The molecule has 2 rings (SSSR count). The number of para-hydroxylation sites is 1. The van der Waals surface area contributed by atoms with Crippen molar-refractivity contribution in [2.75, 3.05) is 7.11 Å². The fourth-order valence-electron chi connectivity index (χ4n) is 1.45. The first kappa shape index (κ1) is 8.81. The Morgan fingerprint density at radius 3 is 2.86 bits per heavy atom. The Hall–Kier alpha value is -1.77. The monoisotopic (exact) mass is 189 g/mol. The number of benzene rings is 1. The van der Waals surface area contributed by atoms with E-state index < -0.39 is 0 Å². The van der Waals surface area contributed by atoms with Gasteiger partial charge >= 0.3 is 0 Å². The summed E-state index contributed by atoms with van der Waals surface area (Å²) in [5, 5.41) is 0. The minimum atomic E-state index is 0.588. The van der Waals surface area contributed by atoms with Crippen LogP contribution in [0.15, 0.2) is 35.1 Å². The average molecular weight is 189 g/mol. The highest BCUT2D eigenvalue weighted by Gasteiger charge is 2.10. The molecule has 0 aliphatic carbocycles. The Morgan fingerprint density at radius 1 is 1.36 bits per heavy atom. The van der Waals surface area contributed by atoms with E-state index in [4.69, 9.17) is 9.15 Å². The van der Waals surface area contributed by atoms with Crippen molar-refractivity contribution in [3.05, 3.63) is 36.2 Å². The van der Waals surface area contributed by atoms with Gasteiger partial charge in [0.05, 0.1) is 18.9 Å². The molecular formula is C11H11NO2. The third kappa shape index (κ3) is 1.37. The van der Waals surface area contributed by atoms with Crippen LogP contribution < -0.4 is 4.74 Å². The molecule has 0 spiro atoms. The average Bonchev–Trinajstić information content (AvgIpc) is 2.70. The molecule has 0 aliphatic rings. The number of rotatable bonds is 2. The first-order valence-corrected chi connectivity index (χ1v) is 4.36. The lowest BCUT2D eigenvalue weighted by molar-refractivity contribution is 0.411. The Bertz CT molecular complexity index is 421. The number of aromatic nitrogens is 1. The zero-order chi connectivity index (χ0) is 9.97. The van der Waals surface area contributed by atoms with Crippen LogP contribution in [0.1, 0.15) is 5.56 Å². The molecule has 0 fully saturated rings. The van der Waals surface area contributed by atoms with E-state index in [1.165, 1.54) is 0 Å². The quantitative estimate of drug-likeness (QED) is 0.728. The molecule has 3 nitrogen and oxygen atoms in total. The maximum absolute atomic E-state index is 5.30. The van der Waals surface area contributed by atoms with Crippen molar-refractivity contribution in [3.8, 4) is 17.2 Å². The number of methoxy groups -OCH3 is 1. The van der Waals surface area contributed by atoms with Gasteiger partial charge in [-0.3, -0.25) is 0 Å². The lowest BCUT2D eigenvalue weighted by Gasteiger charge is -2.07. The normalized spacial score (nSPS) is 10.1. The summed E-state index contributed by atoms with van der Waals surface area (Å²) in [5.41, 5.74) is 1.96. The summed E-state index contributed by atoms with van der Waals surface area (Å²) in [6.45, 7) is 1.99. The fourth-order valence-corrected chi connectivity index (χ4v) is 1.45. The van der Waals surface area contributed by atoms with Gasteiger partial charge in [-0.2, -0.15) is 0 Å². The van der Waals surface area contributed by atoms with Gasteiger partial charge in [0.2, 0.25) is 5.89 Å². The zero-order valence-electron chi connectivity index (χ0n) is 8.15. The third-order valence-electron chi connectivity index (χ3n) is 2.08. The minimum Gasteiger partial charge on any atom is -0.496 e. The lowest BCUT2D eigenvalue weighted by Crippen LogP contribution is -1.90. The van der Waals surface area contributed by atoms with Crippen molar-refractivity contribution in [1.29, 1.82) is 0 Å². The third-order valence-corrected chi connectivity index (χ3v) is 2.08. The molecule has 1 aromatic heterocycles. The molecule has 14 heavy (non-hydrogen) atoms. The maximum Gasteiger partial charge on any atom is 0.229 e. The molecule has 0 atom stereocenters. The van der Waals surface area contributed by atoms with E-state index in [1.54, 1.807) is 19.6 Å². The molecule has 0 saturated heterocycles. The second kappa shape index (κ2) is 3.54. The van der Waals surface area contributed by atoms with Crippen LogP contribution in [-0.4, -0.2) is 12.1 Å². The SMILES string of the molecule is COc1c(C)cccc1-c1ncco1. The van der Waals surface area contributed by atoms with Crippen LogP contribution in [0, 0.1) is 6.92 Å². The van der Waals surface area contributed by atoms with E-state index in [9.17, 15) is 0 Å². The van der Waals surface area contributed by atoms with Crippen LogP contribution >= 0.6 is 0 Å². The first-order chi connectivity index (χ1) is 6.83. The van der Waals surface area contributed by atoms with Gasteiger partial charge in [0.15, 0.2) is 0 Å². The first-order valence-electron chi connectivity index (χ1n) is 4.36. The van der Waals surface area contributed by atoms with Crippen LogP contribution in [0.4, 0.5) is 0 Å². The molecule has 0 saturated carbocycles. The van der Waals surface area contributed by atoms with Crippen molar-refractivity contribution >= 4 is 0 Å². The molecule has 0 amide bonds. The molecule has 0 aliphatic heterocycles. The molecule has 1 heterocycles. The second-order valence-corrected chi connectivity index (χ2v) is 2.99. The van der Waals surface area contributed by atoms with Gasteiger partial charge < -0.3 is 9.15 Å². The highest BCUT2D eigenvalue weighted by atomic mass is 16.5. The van der Waals surface area contributed by atoms with Gasteiger partial charge in [-0.1, -0.05) is 12.1 Å². The Kier molecular flexibility index (Phi) is 2.23. The number of hydrogen-bond donors (Lipinski definition) is 0. The number of oxazole rings is 1. The van der Waals surface area contributed by atoms with Crippen molar-refractivity contribution < 1.29 is 9.15 Å². The van der Waals surface area contributed by atoms with Crippen LogP contribution in [0.2, 0.25) is 0 Å². The molecule has 3 heteroatoms. The smallest absolute Gasteiger partial charge is 0.229 e. The summed E-state index contributed by atoms with van der Waals surface area (Å²) in [6, 6.07) is 5.88. The summed E-state index contributed by atoms with van der Waals surface area (Å²) in [6.07, 6.45) is 3.17. The van der Waals surface area contributed by atoms with Crippen molar-refractivity contribution in [1.82, 2.24) is 4.98 Å². The molecule has 0 radical (unpaired) electrons. The van der Waals surface area contributed by atoms with Crippen LogP contribution in [-0.2, 0) is 0 Å². The standard InChI is InChI=1S/C11H11NO2/c1-8-4-3-5-9(10(8)13-2)11-12-6-7-14-11/h3-7H,1-2H3. The predicted octanol–water partition coefficient (Wildman–Crippen LogP) is 2.66. The topological polar surface area (TPSA) is 35.3 Å². The van der Waals surface area contributed by atoms with Crippen molar-refractivity contribution in [3.63, 3.8) is 0 Å². The van der Waals surface area contributed by atoms with E-state index >= 15 is 0 Å². The summed E-state index contributed by atoms with van der Waals surface area (Å²) in [5.74, 6) is 1.40. The van der Waals surface area contributed by atoms with Crippen molar-refractivity contribution in [2.24, 2.45) is 0 Å². The fraction of sp³-hybridized carbons (Fsp3) is 0.182. The van der Waals surface area contributed by atoms with E-state index in [0.29, 0.717) is 5.89 Å². The van der Waals surface area contributed by atoms with E-state index in [2.05, 4.69) is 4.98 Å². The number of aryl methyl sites for hydroxylation is 1. The minimum absolute atomic E-state index is 0.588. The highest BCUT2D eigenvalue weighted by molar-refractivity contribution is 5.64. The lowest BCUT2D eigenvalue weighted by atomic mass is 10.1. The highest BCUT2D eigenvalue weighted by Crippen LogP contribution is 2.31. The number of ether oxygens (including phenoxy) is 1. The maximum atomic E-state index is 5.30. The van der Waals surface area contributed by atoms with Crippen LogP contribution in [0.5, 0.6) is 5.75 Å². The van der Waals surface area contributed by atoms with Gasteiger partial charge in [0, 0.05) is 0 Å². The van der Waals surface area contributed by atoms with E-state index in [1.807, 2.05) is 25.1 Å². The Labute approximate surface area is 82.3 Å². The second-order valence-electron chi connectivity index (χ2n) is 2.99. The van der Waals surface area contributed by atoms with Crippen molar-refractivity contribution in [2.45, 2.75) is 6.92 Å². The Balaban J connectivity index is 2.58. The van der Waals surface area contributed by atoms with Gasteiger partial charge in [-0.15, -0.1) is 0 Å². The summed E-state index contributed by atoms with van der Waals surface area (Å²) >= 11 is 0. The van der Waals surface area contributed by atoms with E-state index in [-0.39, 0.29) is 0 Å². The summed E-state index contributed by atoms with van der Waals surface area (Å²) < 4.78 is 10.5. The summed E-state index contributed by atoms with van der Waals surface area (Å²) in [4.78, 5) is 4.09. The summed E-state index contributed by atoms with van der Waals surface area (Å²) in [7, 11) is 1.65. The van der Waals surface area contributed by atoms with Gasteiger partial charge in [-0.25, -0.2) is 4.98 Å². The molecule has 1 aromatic carbocycles. The molecule has 0 unspecified atom stereocenters. The molecule has 72 valence electrons. The zero-order valence-corrected chi connectivity index (χ0v) is 8.15. The largest absolute Gasteiger partial charge is 0.496 e. The van der Waals surface area contributed by atoms with Gasteiger partial charge in [-0.05, 0) is 18.6 Å². The molecular weight excluding hydrogens is 178 g/mol. The number of nitrogens with zero attached hydrogens (tertiary/aromatic N) is 1.